The first kappa shape index (κ1) is 16.6. The molecule has 3 rings (SSSR count). The van der Waals surface area contributed by atoms with Crippen molar-refractivity contribution in [1.29, 1.82) is 0 Å². The Morgan fingerprint density at radius 3 is 2.36 bits per heavy atom. The summed E-state index contributed by atoms with van der Waals surface area (Å²) in [6.07, 6.45) is 0. The van der Waals surface area contributed by atoms with Crippen molar-refractivity contribution in [2.75, 3.05) is 12.3 Å². The fourth-order valence-corrected chi connectivity index (χ4v) is 6.06. The lowest BCUT2D eigenvalue weighted by molar-refractivity contribution is 0.434. The molecule has 1 atom stereocenters. The van der Waals surface area contributed by atoms with E-state index in [-0.39, 0.29) is 5.37 Å². The predicted octanol–water partition coefficient (Wildman–Crippen LogP) is 4.38. The van der Waals surface area contributed by atoms with Gasteiger partial charge in [0, 0.05) is 20.9 Å². The van der Waals surface area contributed by atoms with E-state index in [0.29, 0.717) is 16.5 Å². The number of hydrogen-bond acceptors (Lipinski definition) is 3. The number of rotatable bonds is 3. The van der Waals surface area contributed by atoms with Gasteiger partial charge in [-0.3, -0.25) is 0 Å². The summed E-state index contributed by atoms with van der Waals surface area (Å²) in [5.74, 6) is 0.789. The van der Waals surface area contributed by atoms with E-state index in [2.05, 4.69) is 22.6 Å². The minimum Gasteiger partial charge on any atom is -0.207 e. The van der Waals surface area contributed by atoms with Gasteiger partial charge in [-0.15, -0.1) is 11.8 Å². The second-order valence-corrected chi connectivity index (χ2v) is 9.61. The first-order valence-electron chi connectivity index (χ1n) is 6.63. The molecule has 2 aromatic rings. The molecule has 0 amide bonds. The molecule has 1 aliphatic heterocycles. The molecule has 0 unspecified atom stereocenters. The van der Waals surface area contributed by atoms with E-state index >= 15 is 0 Å². The molecule has 2 aromatic carbocycles. The monoisotopic (exact) mass is 465 g/mol. The quantitative estimate of drug-likeness (QED) is 0.631. The second kappa shape index (κ2) is 6.68. The summed E-state index contributed by atoms with van der Waals surface area (Å²) in [5.41, 5.74) is 0.959. The number of thioether (sulfide) groups is 1. The van der Waals surface area contributed by atoms with Crippen LogP contribution in [0, 0.1) is 3.57 Å². The number of halogens is 2. The zero-order valence-corrected chi connectivity index (χ0v) is 16.0. The van der Waals surface area contributed by atoms with Crippen molar-refractivity contribution in [2.45, 2.75) is 10.3 Å². The maximum atomic E-state index is 12.9. The Labute approximate surface area is 153 Å². The van der Waals surface area contributed by atoms with E-state index in [1.165, 1.54) is 0 Å². The number of nitrogens with zero attached hydrogens (tertiary/aromatic N) is 1. The van der Waals surface area contributed by atoms with E-state index in [9.17, 15) is 8.42 Å². The van der Waals surface area contributed by atoms with E-state index in [4.69, 9.17) is 11.6 Å². The number of benzene rings is 2. The van der Waals surface area contributed by atoms with Crippen molar-refractivity contribution in [1.82, 2.24) is 4.31 Å². The largest absolute Gasteiger partial charge is 0.244 e. The smallest absolute Gasteiger partial charge is 0.207 e. The van der Waals surface area contributed by atoms with Gasteiger partial charge in [-0.1, -0.05) is 23.7 Å². The summed E-state index contributed by atoms with van der Waals surface area (Å²) in [5, 5.41) is 0.459. The highest BCUT2D eigenvalue weighted by atomic mass is 127. The van der Waals surface area contributed by atoms with Crippen LogP contribution in [0.4, 0.5) is 0 Å². The van der Waals surface area contributed by atoms with E-state index in [1.54, 1.807) is 40.3 Å². The van der Waals surface area contributed by atoms with Gasteiger partial charge in [0.1, 0.15) is 0 Å². The van der Waals surface area contributed by atoms with Gasteiger partial charge in [0.2, 0.25) is 10.0 Å². The Balaban J connectivity index is 1.95. The third-order valence-corrected chi connectivity index (χ3v) is 7.67. The number of sulfonamides is 1. The minimum absolute atomic E-state index is 0.193. The first-order chi connectivity index (χ1) is 10.5. The van der Waals surface area contributed by atoms with Crippen LogP contribution in [0.1, 0.15) is 10.9 Å². The summed E-state index contributed by atoms with van der Waals surface area (Å²) in [4.78, 5) is 0.342. The summed E-state index contributed by atoms with van der Waals surface area (Å²) < 4.78 is 28.3. The van der Waals surface area contributed by atoms with Crippen LogP contribution in [-0.4, -0.2) is 25.0 Å². The molecule has 0 N–H and O–H groups in total. The Bertz CT molecular complexity index is 763. The molecule has 0 spiro atoms. The summed E-state index contributed by atoms with van der Waals surface area (Å²) in [6.45, 7) is 0.520. The molecular weight excluding hydrogens is 453 g/mol. The normalized spacial score (nSPS) is 19.5. The molecule has 1 heterocycles. The Morgan fingerprint density at radius 1 is 1.09 bits per heavy atom. The van der Waals surface area contributed by atoms with Crippen LogP contribution in [-0.2, 0) is 10.0 Å². The lowest BCUT2D eigenvalue weighted by Crippen LogP contribution is -2.30. The molecular formula is C15H13ClINO2S2. The van der Waals surface area contributed by atoms with E-state index in [0.717, 1.165) is 14.9 Å². The average Bonchev–Trinajstić information content (AvgIpc) is 2.99. The van der Waals surface area contributed by atoms with E-state index in [1.807, 2.05) is 24.3 Å². The molecule has 0 aliphatic carbocycles. The van der Waals surface area contributed by atoms with Crippen LogP contribution in [0.5, 0.6) is 0 Å². The number of hydrogen-bond donors (Lipinski definition) is 0. The van der Waals surface area contributed by atoms with Gasteiger partial charge in [-0.25, -0.2) is 8.42 Å². The molecule has 0 aromatic heterocycles. The molecule has 116 valence electrons. The molecule has 3 nitrogen and oxygen atoms in total. The third kappa shape index (κ3) is 3.31. The fourth-order valence-electron chi connectivity index (χ4n) is 2.33. The highest BCUT2D eigenvalue weighted by Crippen LogP contribution is 2.41. The standard InChI is InChI=1S/C15H13ClINO2S2/c16-12-3-1-11(2-4-12)15-18(9-10-21-15)22(19,20)14-7-5-13(17)6-8-14/h1-8,15H,9-10H2/t15-/m1/s1. The lowest BCUT2D eigenvalue weighted by Gasteiger charge is -2.23. The van der Waals surface area contributed by atoms with Crippen LogP contribution in [0.15, 0.2) is 53.4 Å². The SMILES string of the molecule is O=S(=O)(c1ccc(I)cc1)N1CCS[C@@H]1c1ccc(Cl)cc1. The van der Waals surface area contributed by atoms with Crippen LogP contribution < -0.4 is 0 Å². The zero-order valence-electron chi connectivity index (χ0n) is 11.4. The summed E-state index contributed by atoms with van der Waals surface area (Å²) >= 11 is 9.72. The highest BCUT2D eigenvalue weighted by Gasteiger charge is 2.36. The van der Waals surface area contributed by atoms with Crippen molar-refractivity contribution in [3.8, 4) is 0 Å². The van der Waals surface area contributed by atoms with Crippen molar-refractivity contribution in [3.63, 3.8) is 0 Å². The summed E-state index contributed by atoms with van der Waals surface area (Å²) in [6, 6.07) is 14.3. The molecule has 1 aliphatic rings. The molecule has 22 heavy (non-hydrogen) atoms. The van der Waals surface area contributed by atoms with Crippen LogP contribution >= 0.6 is 46.0 Å². The molecule has 7 heteroatoms. The molecule has 0 bridgehead atoms. The van der Waals surface area contributed by atoms with Crippen LogP contribution in [0.25, 0.3) is 0 Å². The Kier molecular flexibility index (Phi) is 5.04. The maximum Gasteiger partial charge on any atom is 0.244 e. The van der Waals surface area contributed by atoms with Gasteiger partial charge >= 0.3 is 0 Å². The van der Waals surface area contributed by atoms with Gasteiger partial charge in [0.15, 0.2) is 0 Å². The second-order valence-electron chi connectivity index (χ2n) is 4.84. The van der Waals surface area contributed by atoms with Crippen molar-refractivity contribution >= 4 is 56.0 Å². The van der Waals surface area contributed by atoms with Gasteiger partial charge in [-0.2, -0.15) is 4.31 Å². The predicted molar refractivity (Wildman–Crippen MR) is 99.7 cm³/mol. The first-order valence-corrected chi connectivity index (χ1v) is 10.6. The molecule has 1 saturated heterocycles. The fraction of sp³-hybridized carbons (Fsp3) is 0.200. The Hall–Kier alpha value is -0.280. The summed E-state index contributed by atoms with van der Waals surface area (Å²) in [7, 11) is -3.49. The van der Waals surface area contributed by atoms with Crippen molar-refractivity contribution < 1.29 is 8.42 Å². The van der Waals surface area contributed by atoms with Gasteiger partial charge < -0.3 is 0 Å². The van der Waals surface area contributed by atoms with E-state index < -0.39 is 10.0 Å². The zero-order chi connectivity index (χ0) is 15.7. The lowest BCUT2D eigenvalue weighted by atomic mass is 10.2. The molecule has 0 radical (unpaired) electrons. The molecule has 1 fully saturated rings. The maximum absolute atomic E-state index is 12.9. The van der Waals surface area contributed by atoms with Gasteiger partial charge in [-0.05, 0) is 64.6 Å². The van der Waals surface area contributed by atoms with Gasteiger partial charge in [0.05, 0.1) is 10.3 Å². The van der Waals surface area contributed by atoms with Gasteiger partial charge in [0.25, 0.3) is 0 Å². The topological polar surface area (TPSA) is 37.4 Å². The van der Waals surface area contributed by atoms with Crippen molar-refractivity contribution in [2.24, 2.45) is 0 Å². The van der Waals surface area contributed by atoms with Crippen molar-refractivity contribution in [3.05, 3.63) is 62.7 Å². The minimum atomic E-state index is -3.49. The highest BCUT2D eigenvalue weighted by molar-refractivity contribution is 14.1. The molecule has 0 saturated carbocycles. The Morgan fingerprint density at radius 2 is 1.73 bits per heavy atom. The average molecular weight is 466 g/mol. The third-order valence-electron chi connectivity index (χ3n) is 3.42. The van der Waals surface area contributed by atoms with Crippen LogP contribution in [0.2, 0.25) is 5.02 Å². The van der Waals surface area contributed by atoms with Crippen LogP contribution in [0.3, 0.4) is 0 Å².